The molecule has 1 saturated heterocycles. The zero-order valence-electron chi connectivity index (χ0n) is 20.7. The second-order valence-corrected chi connectivity index (χ2v) is 8.05. The number of methoxy groups -OCH3 is 4. The highest BCUT2D eigenvalue weighted by Gasteiger charge is 2.47. The van der Waals surface area contributed by atoms with E-state index in [0.29, 0.717) is 28.5 Å². The average Bonchev–Trinajstić information content (AvgIpc) is 3.21. The molecule has 37 heavy (non-hydrogen) atoms. The summed E-state index contributed by atoms with van der Waals surface area (Å²) >= 11 is 0. The average molecular weight is 504 g/mol. The fourth-order valence-electron chi connectivity index (χ4n) is 4.24. The Morgan fingerprint density at radius 2 is 1.49 bits per heavy atom. The van der Waals surface area contributed by atoms with Crippen molar-refractivity contribution in [2.45, 2.75) is 6.04 Å². The van der Waals surface area contributed by atoms with Crippen molar-refractivity contribution in [2.24, 2.45) is 0 Å². The lowest BCUT2D eigenvalue weighted by atomic mass is 9.94. The molecule has 3 aromatic rings. The van der Waals surface area contributed by atoms with Gasteiger partial charge in [-0.2, -0.15) is 0 Å². The summed E-state index contributed by atoms with van der Waals surface area (Å²) in [5.41, 5.74) is 1.34. The van der Waals surface area contributed by atoms with Gasteiger partial charge in [0, 0.05) is 11.3 Å². The molecule has 9 heteroatoms. The van der Waals surface area contributed by atoms with Crippen LogP contribution < -0.4 is 19.1 Å². The van der Waals surface area contributed by atoms with E-state index in [1.807, 2.05) is 0 Å². The monoisotopic (exact) mass is 503 g/mol. The standard InChI is InChI=1S/C28H25NO8/c1-34-20-7-5-6-17(14-20)24-23(25(30)18-10-13-21(35-2)22(15-18)36-3)26(31)27(32)29(24)19-11-8-16(9-12-19)28(33)37-4/h5-15,24,30H,1-4H3/b25-23-. The molecule has 0 aliphatic carbocycles. The summed E-state index contributed by atoms with van der Waals surface area (Å²) in [5.74, 6) is -1.31. The first-order valence-corrected chi connectivity index (χ1v) is 11.2. The van der Waals surface area contributed by atoms with Crippen LogP contribution in [0.1, 0.15) is 27.5 Å². The Hall–Kier alpha value is -4.79. The van der Waals surface area contributed by atoms with Gasteiger partial charge >= 0.3 is 5.97 Å². The van der Waals surface area contributed by atoms with Crippen molar-refractivity contribution in [3.05, 3.63) is 89.0 Å². The summed E-state index contributed by atoms with van der Waals surface area (Å²) in [7, 11) is 5.71. The van der Waals surface area contributed by atoms with Crippen molar-refractivity contribution in [2.75, 3.05) is 33.3 Å². The van der Waals surface area contributed by atoms with Gasteiger partial charge in [0.1, 0.15) is 11.5 Å². The highest BCUT2D eigenvalue weighted by molar-refractivity contribution is 6.51. The van der Waals surface area contributed by atoms with Crippen LogP contribution in [-0.2, 0) is 14.3 Å². The van der Waals surface area contributed by atoms with E-state index in [2.05, 4.69) is 0 Å². The Balaban J connectivity index is 1.92. The number of anilines is 1. The first kappa shape index (κ1) is 25.3. The summed E-state index contributed by atoms with van der Waals surface area (Å²) in [4.78, 5) is 39.9. The van der Waals surface area contributed by atoms with Crippen molar-refractivity contribution >= 4 is 29.1 Å². The summed E-state index contributed by atoms with van der Waals surface area (Å²) in [6, 6.07) is 16.7. The predicted molar refractivity (Wildman–Crippen MR) is 135 cm³/mol. The molecule has 1 unspecified atom stereocenters. The van der Waals surface area contributed by atoms with E-state index in [9.17, 15) is 19.5 Å². The minimum absolute atomic E-state index is 0.109. The van der Waals surface area contributed by atoms with Crippen LogP contribution in [0.25, 0.3) is 5.76 Å². The molecule has 1 amide bonds. The van der Waals surface area contributed by atoms with E-state index in [-0.39, 0.29) is 22.5 Å². The number of ketones is 1. The molecule has 9 nitrogen and oxygen atoms in total. The van der Waals surface area contributed by atoms with Crippen LogP contribution in [0.15, 0.2) is 72.3 Å². The molecular formula is C28H25NO8. The third kappa shape index (κ3) is 4.58. The third-order valence-electron chi connectivity index (χ3n) is 6.08. The van der Waals surface area contributed by atoms with Crippen molar-refractivity contribution in [1.29, 1.82) is 0 Å². The molecule has 1 heterocycles. The zero-order valence-corrected chi connectivity index (χ0v) is 20.7. The lowest BCUT2D eigenvalue weighted by molar-refractivity contribution is -0.132. The molecule has 4 rings (SSSR count). The van der Waals surface area contributed by atoms with Crippen LogP contribution in [-0.4, -0.2) is 51.2 Å². The quantitative estimate of drug-likeness (QED) is 0.222. The molecular weight excluding hydrogens is 478 g/mol. The fourth-order valence-corrected chi connectivity index (χ4v) is 4.24. The Morgan fingerprint density at radius 1 is 0.811 bits per heavy atom. The lowest BCUT2D eigenvalue weighted by Crippen LogP contribution is -2.29. The maximum absolute atomic E-state index is 13.4. The molecule has 3 aromatic carbocycles. The van der Waals surface area contributed by atoms with Crippen molar-refractivity contribution in [3.63, 3.8) is 0 Å². The van der Waals surface area contributed by atoms with Gasteiger partial charge in [0.25, 0.3) is 11.7 Å². The number of ether oxygens (including phenoxy) is 4. The topological polar surface area (TPSA) is 112 Å². The number of rotatable bonds is 7. The van der Waals surface area contributed by atoms with Gasteiger partial charge in [-0.05, 0) is 60.2 Å². The number of carbonyl (C=O) groups is 3. The van der Waals surface area contributed by atoms with Crippen molar-refractivity contribution < 1.29 is 38.4 Å². The van der Waals surface area contributed by atoms with E-state index in [1.54, 1.807) is 48.5 Å². The number of carbonyl (C=O) groups excluding carboxylic acids is 3. The summed E-state index contributed by atoms with van der Waals surface area (Å²) in [5, 5.41) is 11.4. The molecule has 1 N–H and O–H groups in total. The number of nitrogens with zero attached hydrogens (tertiary/aromatic N) is 1. The Bertz CT molecular complexity index is 1390. The van der Waals surface area contributed by atoms with E-state index in [4.69, 9.17) is 18.9 Å². The van der Waals surface area contributed by atoms with Gasteiger partial charge in [-0.3, -0.25) is 14.5 Å². The Morgan fingerprint density at radius 3 is 2.11 bits per heavy atom. The molecule has 1 aliphatic heterocycles. The molecule has 0 aromatic heterocycles. The molecule has 1 aliphatic rings. The second-order valence-electron chi connectivity index (χ2n) is 8.05. The predicted octanol–water partition coefficient (Wildman–Crippen LogP) is 4.13. The number of aliphatic hydroxyl groups is 1. The Kier molecular flexibility index (Phi) is 7.15. The normalized spacial score (nSPS) is 16.4. The summed E-state index contributed by atoms with van der Waals surface area (Å²) < 4.78 is 20.7. The van der Waals surface area contributed by atoms with Crippen LogP contribution in [0, 0.1) is 0 Å². The van der Waals surface area contributed by atoms with Gasteiger partial charge in [0.15, 0.2) is 11.5 Å². The minimum Gasteiger partial charge on any atom is -0.507 e. The smallest absolute Gasteiger partial charge is 0.337 e. The highest BCUT2D eigenvalue weighted by Crippen LogP contribution is 2.43. The van der Waals surface area contributed by atoms with E-state index < -0.39 is 23.7 Å². The van der Waals surface area contributed by atoms with Gasteiger partial charge in [-0.25, -0.2) is 4.79 Å². The number of benzene rings is 3. The number of hydrogen-bond donors (Lipinski definition) is 1. The second kappa shape index (κ2) is 10.4. The first-order valence-electron chi connectivity index (χ1n) is 11.2. The van der Waals surface area contributed by atoms with Gasteiger partial charge in [-0.1, -0.05) is 12.1 Å². The number of esters is 1. The molecule has 0 radical (unpaired) electrons. The van der Waals surface area contributed by atoms with Gasteiger partial charge < -0.3 is 24.1 Å². The molecule has 0 spiro atoms. The maximum atomic E-state index is 13.4. The molecule has 1 fully saturated rings. The van der Waals surface area contributed by atoms with Crippen LogP contribution in [0.4, 0.5) is 5.69 Å². The van der Waals surface area contributed by atoms with E-state index >= 15 is 0 Å². The zero-order chi connectivity index (χ0) is 26.7. The first-order chi connectivity index (χ1) is 17.8. The van der Waals surface area contributed by atoms with Gasteiger partial charge in [0.2, 0.25) is 0 Å². The highest BCUT2D eigenvalue weighted by atomic mass is 16.5. The van der Waals surface area contributed by atoms with Crippen molar-refractivity contribution in [1.82, 2.24) is 0 Å². The minimum atomic E-state index is -0.979. The number of hydrogen-bond acceptors (Lipinski definition) is 8. The number of amides is 1. The van der Waals surface area contributed by atoms with Crippen LogP contribution in [0.5, 0.6) is 17.2 Å². The van der Waals surface area contributed by atoms with E-state index in [0.717, 1.165) is 0 Å². The third-order valence-corrected chi connectivity index (χ3v) is 6.08. The van der Waals surface area contributed by atoms with Crippen LogP contribution in [0.2, 0.25) is 0 Å². The number of aliphatic hydroxyl groups excluding tert-OH is 1. The van der Waals surface area contributed by atoms with Crippen LogP contribution in [0.3, 0.4) is 0 Å². The molecule has 190 valence electrons. The molecule has 0 bridgehead atoms. The maximum Gasteiger partial charge on any atom is 0.337 e. The Labute approximate surface area is 213 Å². The summed E-state index contributed by atoms with van der Waals surface area (Å²) in [6.07, 6.45) is 0. The molecule has 0 saturated carbocycles. The van der Waals surface area contributed by atoms with Gasteiger partial charge in [-0.15, -0.1) is 0 Å². The SMILES string of the molecule is COC(=O)c1ccc(N2C(=O)C(=O)/C(=C(\O)c3ccc(OC)c(OC)c3)C2c2cccc(OC)c2)cc1. The van der Waals surface area contributed by atoms with E-state index in [1.165, 1.54) is 51.5 Å². The van der Waals surface area contributed by atoms with Crippen molar-refractivity contribution in [3.8, 4) is 17.2 Å². The summed E-state index contributed by atoms with van der Waals surface area (Å²) in [6.45, 7) is 0. The van der Waals surface area contributed by atoms with Crippen LogP contribution >= 0.6 is 0 Å². The fraction of sp³-hybridized carbons (Fsp3) is 0.179. The van der Waals surface area contributed by atoms with Gasteiger partial charge in [0.05, 0.1) is 45.6 Å². The molecule has 1 atom stereocenters. The largest absolute Gasteiger partial charge is 0.507 e. The number of Topliss-reactive ketones (excluding diaryl/α,β-unsaturated/α-hetero) is 1. The lowest BCUT2D eigenvalue weighted by Gasteiger charge is -2.26.